The molecule has 0 saturated heterocycles. The Kier molecular flexibility index (Phi) is 12.9. The van der Waals surface area contributed by atoms with Crippen molar-refractivity contribution in [3.05, 3.63) is 69.5 Å². The van der Waals surface area contributed by atoms with Crippen molar-refractivity contribution >= 4 is 33.6 Å². The van der Waals surface area contributed by atoms with Gasteiger partial charge in [0.1, 0.15) is 5.82 Å². The van der Waals surface area contributed by atoms with Crippen LogP contribution in [0.15, 0.2) is 36.4 Å². The maximum atomic E-state index is 13.8. The maximum Gasteiger partial charge on any atom is 0.129 e. The first kappa shape index (κ1) is 32.9. The molecule has 0 aliphatic carbocycles. The van der Waals surface area contributed by atoms with Gasteiger partial charge in [-0.1, -0.05) is 49.7 Å². The lowest BCUT2D eigenvalue weighted by Crippen LogP contribution is -2.35. The van der Waals surface area contributed by atoms with E-state index in [1.807, 2.05) is 48.5 Å². The molecule has 3 unspecified atom stereocenters. The van der Waals surface area contributed by atoms with Crippen molar-refractivity contribution in [3.63, 3.8) is 0 Å². The number of benzene rings is 2. The second-order valence-corrected chi connectivity index (χ2v) is 15.4. The van der Waals surface area contributed by atoms with Gasteiger partial charge in [0, 0.05) is 22.7 Å². The molecule has 2 N–H and O–H groups in total. The molecule has 0 heterocycles. The molecule has 0 bridgehead atoms. The molecule has 2 rings (SSSR count). The molecule has 4 atom stereocenters. The second kappa shape index (κ2) is 14.1. The number of hydrogen-bond donors (Lipinski definition) is 2. The van der Waals surface area contributed by atoms with Crippen molar-refractivity contribution in [2.45, 2.75) is 104 Å². The highest BCUT2D eigenvalue weighted by Gasteiger charge is 2.24. The van der Waals surface area contributed by atoms with Crippen LogP contribution in [0.25, 0.3) is 0 Å². The first-order valence-corrected chi connectivity index (χ1v) is 15.1. The van der Waals surface area contributed by atoms with E-state index in [-0.39, 0.29) is 27.4 Å². The fourth-order valence-corrected chi connectivity index (χ4v) is 5.11. The van der Waals surface area contributed by atoms with Gasteiger partial charge in [0.2, 0.25) is 0 Å². The van der Waals surface area contributed by atoms with Gasteiger partial charge in [-0.05, 0) is 97.1 Å². The summed E-state index contributed by atoms with van der Waals surface area (Å²) in [7, 11) is -2.26. The smallest absolute Gasteiger partial charge is 0.129 e. The fourth-order valence-electron chi connectivity index (χ4n) is 3.13. The SMILES string of the molecule is CCC(NS(=O)C(C)(C)C)c1ccc(C)c(C)c1.CC[C@H](NS(=O)C(C)(C)C)c1ccc(Cl)cc1F. The van der Waals surface area contributed by atoms with Gasteiger partial charge >= 0.3 is 0 Å². The van der Waals surface area contributed by atoms with Crippen molar-refractivity contribution in [1.82, 2.24) is 9.44 Å². The molecule has 0 aromatic heterocycles. The normalized spacial score (nSPS) is 15.4. The number of rotatable bonds is 8. The molecule has 0 amide bonds. The number of aryl methyl sites for hydroxylation is 2. The van der Waals surface area contributed by atoms with Crippen molar-refractivity contribution in [2.75, 3.05) is 0 Å². The highest BCUT2D eigenvalue weighted by Crippen LogP contribution is 2.25. The summed E-state index contributed by atoms with van der Waals surface area (Å²) < 4.78 is 43.6. The summed E-state index contributed by atoms with van der Waals surface area (Å²) in [5.74, 6) is -0.368. The van der Waals surface area contributed by atoms with E-state index >= 15 is 0 Å². The average molecular weight is 559 g/mol. The van der Waals surface area contributed by atoms with E-state index in [0.717, 1.165) is 6.42 Å². The van der Waals surface area contributed by atoms with E-state index in [0.29, 0.717) is 17.0 Å². The molecule has 2 aromatic carbocycles. The van der Waals surface area contributed by atoms with Crippen LogP contribution >= 0.6 is 11.6 Å². The zero-order valence-corrected chi connectivity index (χ0v) is 25.8. The van der Waals surface area contributed by atoms with E-state index < -0.39 is 22.0 Å². The zero-order valence-electron chi connectivity index (χ0n) is 23.4. The van der Waals surface area contributed by atoms with Gasteiger partial charge in [-0.25, -0.2) is 22.3 Å². The highest BCUT2D eigenvalue weighted by atomic mass is 35.5. The molecule has 36 heavy (non-hydrogen) atoms. The van der Waals surface area contributed by atoms with Crippen LogP contribution in [0, 0.1) is 19.7 Å². The lowest BCUT2D eigenvalue weighted by molar-refractivity contribution is 0.545. The summed E-state index contributed by atoms with van der Waals surface area (Å²) in [4.78, 5) is 0. The Bertz CT molecular complexity index is 1050. The maximum absolute atomic E-state index is 13.8. The van der Waals surface area contributed by atoms with E-state index in [9.17, 15) is 12.8 Å². The van der Waals surface area contributed by atoms with Gasteiger partial charge < -0.3 is 0 Å². The van der Waals surface area contributed by atoms with E-state index in [2.05, 4.69) is 48.4 Å². The molecule has 0 radical (unpaired) electrons. The summed E-state index contributed by atoms with van der Waals surface area (Å²) in [5.41, 5.74) is 4.30. The van der Waals surface area contributed by atoms with Gasteiger partial charge in [0.25, 0.3) is 0 Å². The monoisotopic (exact) mass is 558 g/mol. The standard InChI is InChI=1S/C15H25NOS.C13H19ClFNOS/c1-7-14(16-18(17)15(4,5)6)13-9-8-11(2)12(3)10-13;1-5-12(16-18(17)13(2,3)4)10-7-6-9(14)8-11(10)15/h8-10,14,16H,7H2,1-6H3;6-8,12,16H,5H2,1-4H3/t;12-,18?/m.0/s1. The van der Waals surface area contributed by atoms with Gasteiger partial charge in [0.15, 0.2) is 0 Å². The van der Waals surface area contributed by atoms with Crippen LogP contribution in [0.3, 0.4) is 0 Å². The minimum Gasteiger partial charge on any atom is -0.242 e. The first-order chi connectivity index (χ1) is 16.5. The van der Waals surface area contributed by atoms with Crippen molar-refractivity contribution in [3.8, 4) is 0 Å². The van der Waals surface area contributed by atoms with Gasteiger partial charge in [-0.2, -0.15) is 0 Å². The Morgan fingerprint density at radius 1 is 0.806 bits per heavy atom. The van der Waals surface area contributed by atoms with Crippen LogP contribution < -0.4 is 9.44 Å². The summed E-state index contributed by atoms with van der Waals surface area (Å²) >= 11 is 5.72. The Morgan fingerprint density at radius 2 is 1.31 bits per heavy atom. The molecular weight excluding hydrogens is 515 g/mol. The molecule has 0 saturated carbocycles. The first-order valence-electron chi connectivity index (χ1n) is 12.4. The van der Waals surface area contributed by atoms with Crippen LogP contribution in [0.2, 0.25) is 5.02 Å². The summed E-state index contributed by atoms with van der Waals surface area (Å²) in [6.07, 6.45) is 1.59. The predicted octanol–water partition coefficient (Wildman–Crippen LogP) is 7.79. The minimum absolute atomic E-state index is 0.157. The molecule has 4 nitrogen and oxygen atoms in total. The summed E-state index contributed by atoms with van der Waals surface area (Å²) in [6, 6.07) is 10.9. The molecular formula is C28H44ClFN2O2S2. The van der Waals surface area contributed by atoms with Crippen molar-refractivity contribution in [2.24, 2.45) is 0 Å². The van der Waals surface area contributed by atoms with Gasteiger partial charge in [0.05, 0.1) is 31.5 Å². The van der Waals surface area contributed by atoms with E-state index in [1.54, 1.807) is 12.1 Å². The molecule has 0 spiro atoms. The third-order valence-electron chi connectivity index (χ3n) is 5.70. The van der Waals surface area contributed by atoms with E-state index in [4.69, 9.17) is 11.6 Å². The largest absolute Gasteiger partial charge is 0.242 e. The van der Waals surface area contributed by atoms with Gasteiger partial charge in [-0.15, -0.1) is 0 Å². The summed E-state index contributed by atoms with van der Waals surface area (Å²) in [5, 5.41) is 0.364. The molecule has 2 aromatic rings. The van der Waals surface area contributed by atoms with E-state index in [1.165, 1.54) is 22.8 Å². The summed E-state index contributed by atoms with van der Waals surface area (Å²) in [6.45, 7) is 19.9. The van der Waals surface area contributed by atoms with Crippen LogP contribution in [0.1, 0.15) is 103 Å². The quantitative estimate of drug-likeness (QED) is 0.347. The highest BCUT2D eigenvalue weighted by molar-refractivity contribution is 7.84. The average Bonchev–Trinajstić information content (AvgIpc) is 2.77. The Labute approximate surface area is 228 Å². The molecule has 0 fully saturated rings. The molecule has 8 heteroatoms. The van der Waals surface area contributed by atoms with Crippen LogP contribution in [-0.4, -0.2) is 17.9 Å². The topological polar surface area (TPSA) is 58.2 Å². The lowest BCUT2D eigenvalue weighted by atomic mass is 10.0. The third kappa shape index (κ3) is 10.3. The third-order valence-corrected chi connectivity index (χ3v) is 9.16. The number of nitrogens with one attached hydrogen (secondary N) is 2. The Balaban J connectivity index is 0.000000360. The number of hydrogen-bond acceptors (Lipinski definition) is 2. The predicted molar refractivity (Wildman–Crippen MR) is 155 cm³/mol. The van der Waals surface area contributed by atoms with Crippen molar-refractivity contribution < 1.29 is 12.8 Å². The van der Waals surface area contributed by atoms with Crippen LogP contribution in [-0.2, 0) is 22.0 Å². The van der Waals surface area contributed by atoms with Gasteiger partial charge in [-0.3, -0.25) is 0 Å². The fraction of sp³-hybridized carbons (Fsp3) is 0.571. The Hall–Kier alpha value is -1.12. The molecule has 204 valence electrons. The van der Waals surface area contributed by atoms with Crippen LogP contribution in [0.5, 0.6) is 0 Å². The minimum atomic E-state index is -1.23. The van der Waals surface area contributed by atoms with Crippen LogP contribution in [0.4, 0.5) is 4.39 Å². The second-order valence-electron chi connectivity index (χ2n) is 10.9. The molecule has 0 aliphatic heterocycles. The molecule has 0 aliphatic rings. The Morgan fingerprint density at radius 3 is 1.72 bits per heavy atom. The zero-order chi connectivity index (χ0) is 27.8. The van der Waals surface area contributed by atoms with Crippen molar-refractivity contribution in [1.29, 1.82) is 0 Å². The lowest BCUT2D eigenvalue weighted by Gasteiger charge is -2.24. The number of halogens is 2.